The summed E-state index contributed by atoms with van der Waals surface area (Å²) >= 11 is 0. The van der Waals surface area contributed by atoms with Gasteiger partial charge in [-0.2, -0.15) is 5.10 Å². The molecule has 0 bridgehead atoms. The molecule has 4 heterocycles. The monoisotopic (exact) mass is 410 g/mol. The van der Waals surface area contributed by atoms with Crippen molar-refractivity contribution in [3.8, 4) is 22.5 Å². The van der Waals surface area contributed by atoms with Crippen molar-refractivity contribution in [2.75, 3.05) is 25.0 Å². The second kappa shape index (κ2) is 6.65. The molecule has 7 heteroatoms. The Morgan fingerprint density at radius 3 is 2.58 bits per heavy atom. The average molecular weight is 410 g/mol. The number of pyridine rings is 1. The lowest BCUT2D eigenvalue weighted by molar-refractivity contribution is 0.1000. The number of hydrogen-bond acceptors (Lipinski definition) is 5. The van der Waals surface area contributed by atoms with Crippen molar-refractivity contribution >= 4 is 22.6 Å². The van der Waals surface area contributed by atoms with Crippen molar-refractivity contribution in [2.45, 2.75) is 12.0 Å². The van der Waals surface area contributed by atoms with Gasteiger partial charge in [0, 0.05) is 36.1 Å². The molecule has 1 spiro atoms. The molecule has 0 unspecified atom stereocenters. The molecule has 2 aliphatic rings. The van der Waals surface area contributed by atoms with Gasteiger partial charge >= 0.3 is 0 Å². The summed E-state index contributed by atoms with van der Waals surface area (Å²) in [5.41, 5.74) is 10.5. The standard InChI is InChI=1S/C24H22N6O/c25-22(31)20-21(29-30-23(20)27-11-10-24(30)13-26-14-24)17-7-6-16-8-9-18(28-19(16)12-17)15-4-2-1-3-5-15/h1-9,12,26-27H,10-11,13-14H2,(H2,25,31). The van der Waals surface area contributed by atoms with Crippen LogP contribution in [-0.4, -0.2) is 40.3 Å². The minimum absolute atomic E-state index is 0.0847. The number of aromatic nitrogens is 3. The van der Waals surface area contributed by atoms with Crippen LogP contribution in [0.3, 0.4) is 0 Å². The number of amides is 1. The van der Waals surface area contributed by atoms with Crippen molar-refractivity contribution in [1.82, 2.24) is 20.1 Å². The number of fused-ring (bicyclic) bond motifs is 3. The van der Waals surface area contributed by atoms with Crippen LogP contribution in [0.1, 0.15) is 16.8 Å². The van der Waals surface area contributed by atoms with E-state index in [-0.39, 0.29) is 5.54 Å². The highest BCUT2D eigenvalue weighted by Gasteiger charge is 2.45. The Bertz CT molecular complexity index is 1320. The van der Waals surface area contributed by atoms with Crippen LogP contribution in [-0.2, 0) is 5.54 Å². The molecule has 4 aromatic rings. The first kappa shape index (κ1) is 18.1. The molecular formula is C24H22N6O. The lowest BCUT2D eigenvalue weighted by atomic mass is 9.87. The molecule has 0 radical (unpaired) electrons. The van der Waals surface area contributed by atoms with E-state index in [0.717, 1.165) is 59.6 Å². The number of nitrogens with two attached hydrogens (primary N) is 1. The highest BCUT2D eigenvalue weighted by molar-refractivity contribution is 6.04. The number of nitrogens with zero attached hydrogens (tertiary/aromatic N) is 3. The number of primary amides is 1. The Balaban J connectivity index is 1.51. The summed E-state index contributed by atoms with van der Waals surface area (Å²) in [6.45, 7) is 2.49. The van der Waals surface area contributed by atoms with E-state index in [1.54, 1.807) is 0 Å². The van der Waals surface area contributed by atoms with Gasteiger partial charge in [-0.15, -0.1) is 0 Å². The van der Waals surface area contributed by atoms with Gasteiger partial charge in [0.05, 0.1) is 16.7 Å². The molecule has 0 aliphatic carbocycles. The van der Waals surface area contributed by atoms with Gasteiger partial charge in [0.25, 0.3) is 5.91 Å². The van der Waals surface area contributed by atoms with Gasteiger partial charge in [0.15, 0.2) is 0 Å². The maximum Gasteiger partial charge on any atom is 0.254 e. The van der Waals surface area contributed by atoms with Crippen LogP contribution in [0.2, 0.25) is 0 Å². The molecule has 7 nitrogen and oxygen atoms in total. The van der Waals surface area contributed by atoms with Crippen molar-refractivity contribution in [2.24, 2.45) is 5.73 Å². The molecule has 154 valence electrons. The van der Waals surface area contributed by atoms with Crippen LogP contribution in [0.15, 0.2) is 60.7 Å². The second-order valence-electron chi connectivity index (χ2n) is 8.32. The Morgan fingerprint density at radius 1 is 1.03 bits per heavy atom. The molecule has 2 aromatic heterocycles. The van der Waals surface area contributed by atoms with E-state index in [4.69, 9.17) is 15.8 Å². The third-order valence-corrected chi connectivity index (χ3v) is 6.41. The van der Waals surface area contributed by atoms with E-state index in [1.165, 1.54) is 0 Å². The minimum Gasteiger partial charge on any atom is -0.369 e. The fraction of sp³-hybridized carbons (Fsp3) is 0.208. The van der Waals surface area contributed by atoms with E-state index in [9.17, 15) is 4.79 Å². The summed E-state index contributed by atoms with van der Waals surface area (Å²) in [6, 6.07) is 20.2. The van der Waals surface area contributed by atoms with Crippen LogP contribution in [0.25, 0.3) is 33.4 Å². The highest BCUT2D eigenvalue weighted by Crippen LogP contribution is 2.39. The molecule has 1 saturated heterocycles. The summed E-state index contributed by atoms with van der Waals surface area (Å²) < 4.78 is 1.97. The maximum atomic E-state index is 12.4. The zero-order valence-corrected chi connectivity index (χ0v) is 16.9. The van der Waals surface area contributed by atoms with Gasteiger partial charge in [-0.25, -0.2) is 9.67 Å². The number of benzene rings is 2. The molecule has 6 rings (SSSR count). The van der Waals surface area contributed by atoms with Crippen molar-refractivity contribution in [3.63, 3.8) is 0 Å². The van der Waals surface area contributed by atoms with Crippen molar-refractivity contribution < 1.29 is 4.79 Å². The van der Waals surface area contributed by atoms with E-state index in [2.05, 4.69) is 16.7 Å². The normalized spacial score (nSPS) is 16.5. The fourth-order valence-corrected chi connectivity index (χ4v) is 4.65. The minimum atomic E-state index is -0.473. The molecular weight excluding hydrogens is 388 g/mol. The first-order valence-corrected chi connectivity index (χ1v) is 10.5. The number of carbonyl (C=O) groups is 1. The van der Waals surface area contributed by atoms with E-state index in [1.807, 2.05) is 59.3 Å². The third kappa shape index (κ3) is 2.74. The van der Waals surface area contributed by atoms with Gasteiger partial charge in [-0.3, -0.25) is 4.79 Å². The Hall–Kier alpha value is -3.71. The summed E-state index contributed by atoms with van der Waals surface area (Å²) in [6.07, 6.45) is 0.964. The molecule has 1 amide bonds. The van der Waals surface area contributed by atoms with E-state index in [0.29, 0.717) is 11.3 Å². The zero-order chi connectivity index (χ0) is 21.0. The van der Waals surface area contributed by atoms with Crippen LogP contribution in [0.4, 0.5) is 5.82 Å². The lowest BCUT2D eigenvalue weighted by Gasteiger charge is -2.46. The Labute approximate surface area is 179 Å². The first-order chi connectivity index (χ1) is 15.1. The van der Waals surface area contributed by atoms with Gasteiger partial charge in [0.1, 0.15) is 17.1 Å². The van der Waals surface area contributed by atoms with Crippen LogP contribution in [0.5, 0.6) is 0 Å². The molecule has 2 aliphatic heterocycles. The molecule has 1 fully saturated rings. The Morgan fingerprint density at radius 2 is 1.84 bits per heavy atom. The number of anilines is 1. The fourth-order valence-electron chi connectivity index (χ4n) is 4.65. The van der Waals surface area contributed by atoms with E-state index >= 15 is 0 Å². The first-order valence-electron chi connectivity index (χ1n) is 10.5. The van der Waals surface area contributed by atoms with Crippen LogP contribution < -0.4 is 16.4 Å². The molecule has 0 saturated carbocycles. The topological polar surface area (TPSA) is 97.9 Å². The molecule has 4 N–H and O–H groups in total. The largest absolute Gasteiger partial charge is 0.369 e. The number of nitrogens with one attached hydrogen (secondary N) is 2. The second-order valence-corrected chi connectivity index (χ2v) is 8.32. The maximum absolute atomic E-state index is 12.4. The summed E-state index contributed by atoms with van der Waals surface area (Å²) in [5, 5.41) is 12.6. The lowest BCUT2D eigenvalue weighted by Crippen LogP contribution is -2.63. The molecule has 31 heavy (non-hydrogen) atoms. The highest BCUT2D eigenvalue weighted by atomic mass is 16.1. The SMILES string of the molecule is NC(=O)c1c(-c2ccc3ccc(-c4ccccc4)nc3c2)nn2c1NCCC21CNC1. The predicted octanol–water partition coefficient (Wildman–Crippen LogP) is 2.98. The summed E-state index contributed by atoms with van der Waals surface area (Å²) in [5.74, 6) is 0.250. The van der Waals surface area contributed by atoms with Crippen molar-refractivity contribution in [3.05, 3.63) is 66.2 Å². The zero-order valence-electron chi connectivity index (χ0n) is 16.9. The third-order valence-electron chi connectivity index (χ3n) is 6.41. The smallest absolute Gasteiger partial charge is 0.254 e. The van der Waals surface area contributed by atoms with Crippen molar-refractivity contribution in [1.29, 1.82) is 0 Å². The van der Waals surface area contributed by atoms with E-state index < -0.39 is 5.91 Å². The number of hydrogen-bond donors (Lipinski definition) is 3. The summed E-state index contributed by atoms with van der Waals surface area (Å²) in [7, 11) is 0. The Kier molecular flexibility index (Phi) is 3.88. The average Bonchev–Trinajstić information content (AvgIpc) is 3.18. The van der Waals surface area contributed by atoms with Gasteiger partial charge < -0.3 is 16.4 Å². The van der Waals surface area contributed by atoms with Crippen LogP contribution in [0, 0.1) is 0 Å². The van der Waals surface area contributed by atoms with Gasteiger partial charge in [-0.05, 0) is 18.6 Å². The van der Waals surface area contributed by atoms with Gasteiger partial charge in [-0.1, -0.05) is 48.5 Å². The molecule has 0 atom stereocenters. The molecule has 2 aromatic carbocycles. The number of carbonyl (C=O) groups excluding carboxylic acids is 1. The summed E-state index contributed by atoms with van der Waals surface area (Å²) in [4.78, 5) is 17.3. The van der Waals surface area contributed by atoms with Gasteiger partial charge in [0.2, 0.25) is 0 Å². The quantitative estimate of drug-likeness (QED) is 0.482. The predicted molar refractivity (Wildman–Crippen MR) is 121 cm³/mol. The number of rotatable bonds is 3. The van der Waals surface area contributed by atoms with Crippen LogP contribution >= 0.6 is 0 Å².